The first-order valence-corrected chi connectivity index (χ1v) is 24.4. The van der Waals surface area contributed by atoms with Gasteiger partial charge in [0.25, 0.3) is 0 Å². The number of benzene rings is 11. The molecule has 0 N–H and O–H groups in total. The smallest absolute Gasteiger partial charge is 0.0992 e. The second kappa shape index (κ2) is 17.3. The molecule has 0 radical (unpaired) electrons. The van der Waals surface area contributed by atoms with Crippen molar-refractivity contribution in [3.05, 3.63) is 230 Å². The van der Waals surface area contributed by atoms with Crippen molar-refractivity contribution in [2.45, 2.75) is 23.6 Å². The van der Waals surface area contributed by atoms with Gasteiger partial charge in [0.15, 0.2) is 0 Å². The van der Waals surface area contributed by atoms with Gasteiger partial charge in [-0.1, -0.05) is 153 Å². The predicted molar refractivity (Wildman–Crippen MR) is 294 cm³/mol. The standard InChI is InChI=1S/C62H40N4S.C2H6/c1-64(48-22-4-2-5-23-48)60-57(47-28-27-41-16-8-9-17-42(41)34-47)61-59(54-36-44-19-11-13-21-46(44)38-56(54)65(61)49-24-6-3-7-25-49)62-58(60)53-35-43-18-10-12-20-45(43)37-55(53)66(62)50-29-31-51(32-30-50)67-52-26-14-15-40(33-52)39-63;1-2/h2-38H,1H3;1-2H3. The number of rotatable bonds is 7. The summed E-state index contributed by atoms with van der Waals surface area (Å²) in [5, 5.41) is 21.6. The Morgan fingerprint density at radius 2 is 0.957 bits per heavy atom. The van der Waals surface area contributed by atoms with Crippen LogP contribution < -0.4 is 4.90 Å². The highest BCUT2D eigenvalue weighted by Gasteiger charge is 2.31. The Balaban J connectivity index is 0.00000243. The van der Waals surface area contributed by atoms with Crippen LogP contribution in [0, 0.1) is 11.3 Å². The third-order valence-electron chi connectivity index (χ3n) is 13.4. The van der Waals surface area contributed by atoms with E-state index in [1.165, 1.54) is 59.4 Å². The number of fused-ring (bicyclic) bond motifs is 10. The summed E-state index contributed by atoms with van der Waals surface area (Å²) in [6.07, 6.45) is 0. The zero-order valence-corrected chi connectivity index (χ0v) is 39.4. The Labute approximate surface area is 405 Å². The lowest BCUT2D eigenvalue weighted by molar-refractivity contribution is 1.16. The van der Waals surface area contributed by atoms with Gasteiger partial charge in [-0.15, -0.1) is 0 Å². The van der Waals surface area contributed by atoms with Crippen LogP contribution in [0.2, 0.25) is 0 Å². The average Bonchev–Trinajstić information content (AvgIpc) is 3.92. The van der Waals surface area contributed by atoms with Crippen LogP contribution in [-0.4, -0.2) is 16.2 Å². The molecule has 0 spiro atoms. The van der Waals surface area contributed by atoms with Crippen molar-refractivity contribution in [2.75, 3.05) is 11.9 Å². The number of aromatic nitrogens is 2. The van der Waals surface area contributed by atoms with E-state index in [1.54, 1.807) is 11.8 Å². The van der Waals surface area contributed by atoms with Crippen molar-refractivity contribution in [3.8, 4) is 28.6 Å². The van der Waals surface area contributed by atoms with Gasteiger partial charge in [0.2, 0.25) is 0 Å². The van der Waals surface area contributed by atoms with Crippen molar-refractivity contribution in [1.29, 1.82) is 5.26 Å². The lowest BCUT2D eigenvalue weighted by Gasteiger charge is -2.26. The minimum atomic E-state index is 0.657. The first-order valence-electron chi connectivity index (χ1n) is 23.6. The third-order valence-corrected chi connectivity index (χ3v) is 14.4. The molecular formula is C64H46N4S. The van der Waals surface area contributed by atoms with E-state index in [1.807, 2.05) is 32.0 Å². The second-order valence-corrected chi connectivity index (χ2v) is 18.4. The van der Waals surface area contributed by atoms with Gasteiger partial charge in [-0.05, 0) is 135 Å². The maximum atomic E-state index is 9.64. The number of hydrogen-bond acceptors (Lipinski definition) is 3. The predicted octanol–water partition coefficient (Wildman–Crippen LogP) is 17.8. The van der Waals surface area contributed by atoms with Crippen LogP contribution >= 0.6 is 11.8 Å². The molecule has 0 unspecified atom stereocenters. The van der Waals surface area contributed by atoms with Crippen LogP contribution in [0.3, 0.4) is 0 Å². The summed E-state index contributed by atoms with van der Waals surface area (Å²) in [5.41, 5.74) is 12.0. The first-order chi connectivity index (χ1) is 34.1. The van der Waals surface area contributed by atoms with Crippen molar-refractivity contribution >= 4 is 99.1 Å². The van der Waals surface area contributed by atoms with E-state index in [2.05, 4.69) is 233 Å². The molecule has 0 amide bonds. The van der Waals surface area contributed by atoms with Crippen LogP contribution in [0.25, 0.3) is 98.4 Å². The van der Waals surface area contributed by atoms with Gasteiger partial charge in [0.1, 0.15) is 0 Å². The zero-order valence-electron chi connectivity index (χ0n) is 38.6. The minimum absolute atomic E-state index is 0.657. The van der Waals surface area contributed by atoms with Crippen molar-refractivity contribution in [2.24, 2.45) is 0 Å². The van der Waals surface area contributed by atoms with E-state index in [4.69, 9.17) is 0 Å². The molecule has 11 aromatic carbocycles. The minimum Gasteiger partial charge on any atom is -0.343 e. The summed E-state index contributed by atoms with van der Waals surface area (Å²) in [4.78, 5) is 4.56. The molecule has 0 atom stereocenters. The summed E-state index contributed by atoms with van der Waals surface area (Å²) in [6, 6.07) is 83.6. The van der Waals surface area contributed by atoms with E-state index >= 15 is 0 Å². The first kappa shape index (κ1) is 41.8. The molecule has 13 aromatic rings. The Morgan fingerprint density at radius 1 is 0.435 bits per heavy atom. The van der Waals surface area contributed by atoms with Crippen molar-refractivity contribution in [3.63, 3.8) is 0 Å². The fraction of sp³-hybridized carbons (Fsp3) is 0.0469. The number of hydrogen-bond donors (Lipinski definition) is 0. The molecule has 0 saturated carbocycles. The molecular weight excluding hydrogens is 857 g/mol. The van der Waals surface area contributed by atoms with Crippen molar-refractivity contribution < 1.29 is 0 Å². The molecule has 0 saturated heterocycles. The van der Waals surface area contributed by atoms with Crippen LogP contribution in [-0.2, 0) is 0 Å². The van der Waals surface area contributed by atoms with Crippen LogP contribution in [0.5, 0.6) is 0 Å². The number of anilines is 2. The molecule has 328 valence electrons. The molecule has 0 aliphatic heterocycles. The van der Waals surface area contributed by atoms with Gasteiger partial charge in [-0.2, -0.15) is 5.26 Å². The van der Waals surface area contributed by atoms with Gasteiger partial charge >= 0.3 is 0 Å². The quantitative estimate of drug-likeness (QED) is 0.160. The largest absolute Gasteiger partial charge is 0.343 e. The Bertz CT molecular complexity index is 4140. The molecule has 13 rings (SSSR count). The van der Waals surface area contributed by atoms with E-state index in [0.717, 1.165) is 60.2 Å². The maximum Gasteiger partial charge on any atom is 0.0992 e. The zero-order chi connectivity index (χ0) is 46.6. The molecule has 0 aliphatic rings. The topological polar surface area (TPSA) is 36.9 Å². The highest BCUT2D eigenvalue weighted by Crippen LogP contribution is 2.54. The average molecular weight is 903 g/mol. The maximum absolute atomic E-state index is 9.64. The summed E-state index contributed by atoms with van der Waals surface area (Å²) < 4.78 is 5.05. The third kappa shape index (κ3) is 7.00. The fourth-order valence-electron chi connectivity index (χ4n) is 10.4. The Kier molecular flexibility index (Phi) is 10.5. The van der Waals surface area contributed by atoms with Gasteiger partial charge in [-0.25, -0.2) is 0 Å². The molecule has 4 nitrogen and oxygen atoms in total. The molecule has 69 heavy (non-hydrogen) atoms. The number of nitriles is 1. The van der Waals surface area contributed by atoms with Gasteiger partial charge in [0, 0.05) is 61.0 Å². The molecule has 2 heterocycles. The normalized spacial score (nSPS) is 11.4. The van der Waals surface area contributed by atoms with Gasteiger partial charge in [-0.3, -0.25) is 0 Å². The number of para-hydroxylation sites is 2. The fourth-order valence-corrected chi connectivity index (χ4v) is 11.3. The SMILES string of the molecule is CC.CN(c1ccccc1)c1c(-c2ccc3ccccc3c2)c2c(c3cc4ccccc4cc3n2-c2ccccc2)c2c1c1cc3ccccc3cc1n2-c1ccc(Sc2cccc(C#N)c2)cc1. The van der Waals surface area contributed by atoms with Crippen LogP contribution in [0.15, 0.2) is 234 Å². The van der Waals surface area contributed by atoms with E-state index in [0.29, 0.717) is 5.56 Å². The second-order valence-electron chi connectivity index (χ2n) is 17.3. The lowest BCUT2D eigenvalue weighted by Crippen LogP contribution is -2.12. The van der Waals surface area contributed by atoms with Crippen LogP contribution in [0.4, 0.5) is 11.4 Å². The molecule has 0 fully saturated rings. The van der Waals surface area contributed by atoms with Crippen molar-refractivity contribution in [1.82, 2.24) is 9.13 Å². The molecule has 5 heteroatoms. The summed E-state index contributed by atoms with van der Waals surface area (Å²) in [5.74, 6) is 0. The molecule has 0 bridgehead atoms. The van der Waals surface area contributed by atoms with E-state index in [-0.39, 0.29) is 0 Å². The molecule has 2 aromatic heterocycles. The summed E-state index contributed by atoms with van der Waals surface area (Å²) in [6.45, 7) is 4.00. The van der Waals surface area contributed by atoms with Gasteiger partial charge < -0.3 is 14.0 Å². The molecule has 0 aliphatic carbocycles. The Morgan fingerprint density at radius 3 is 1.58 bits per heavy atom. The van der Waals surface area contributed by atoms with E-state index in [9.17, 15) is 5.26 Å². The summed E-state index contributed by atoms with van der Waals surface area (Å²) >= 11 is 1.67. The lowest BCUT2D eigenvalue weighted by atomic mass is 9.92. The van der Waals surface area contributed by atoms with E-state index < -0.39 is 0 Å². The highest BCUT2D eigenvalue weighted by molar-refractivity contribution is 7.99. The van der Waals surface area contributed by atoms with Gasteiger partial charge in [0.05, 0.1) is 39.4 Å². The summed E-state index contributed by atoms with van der Waals surface area (Å²) in [7, 11) is 2.24. The highest BCUT2D eigenvalue weighted by atomic mass is 32.2. The van der Waals surface area contributed by atoms with Crippen LogP contribution in [0.1, 0.15) is 19.4 Å². The monoisotopic (exact) mass is 902 g/mol. The number of nitrogens with zero attached hydrogens (tertiary/aromatic N) is 4. The Hall–Kier alpha value is -8.56.